The van der Waals surface area contributed by atoms with E-state index in [4.69, 9.17) is 0 Å². The van der Waals surface area contributed by atoms with Gasteiger partial charge in [-0.25, -0.2) is 0 Å². The van der Waals surface area contributed by atoms with Gasteiger partial charge in [-0.2, -0.15) is 0 Å². The molecular formula is C10H15HfI2. The van der Waals surface area contributed by atoms with Gasteiger partial charge >= 0.3 is 50.9 Å². The molecular weight excluding hydrogens is 552 g/mol. The maximum atomic E-state index is 2.47. The van der Waals surface area contributed by atoms with Gasteiger partial charge in [0.15, 0.2) is 0 Å². The van der Waals surface area contributed by atoms with Gasteiger partial charge in [0.25, 0.3) is 0 Å². The third-order valence-corrected chi connectivity index (χ3v) is 1.79. The van der Waals surface area contributed by atoms with Crippen molar-refractivity contribution in [3.8, 4) is 0 Å². The summed E-state index contributed by atoms with van der Waals surface area (Å²) in [6.45, 7) is 4.38. The third-order valence-electron chi connectivity index (χ3n) is 1.79. The predicted molar refractivity (Wildman–Crippen MR) is 73.7 cm³/mol. The molecule has 0 spiro atoms. The summed E-state index contributed by atoms with van der Waals surface area (Å²) < 4.78 is 0. The summed E-state index contributed by atoms with van der Waals surface area (Å²) in [7, 11) is 0. The molecule has 0 nitrogen and oxygen atoms in total. The number of halogens is 2. The second-order valence-electron chi connectivity index (χ2n) is 2.97. The van der Waals surface area contributed by atoms with E-state index >= 15 is 0 Å². The minimum atomic E-state index is 0.0233. The quantitative estimate of drug-likeness (QED) is 0.332. The normalized spacial score (nSPS) is 14.9. The first kappa shape index (κ1) is 14.8. The topological polar surface area (TPSA) is 0 Å². The molecule has 0 aromatic rings. The van der Waals surface area contributed by atoms with Crippen molar-refractivity contribution in [1.82, 2.24) is 0 Å². The van der Waals surface area contributed by atoms with Gasteiger partial charge in [0.1, 0.15) is 0 Å². The predicted octanol–water partition coefficient (Wildman–Crippen LogP) is 5.04. The zero-order valence-electron chi connectivity index (χ0n) is 8.11. The summed E-state index contributed by atoms with van der Waals surface area (Å²) in [6, 6.07) is 0. The first-order chi connectivity index (χ1) is 6.24. The Morgan fingerprint density at radius 3 is 2.31 bits per heavy atom. The van der Waals surface area contributed by atoms with E-state index in [1.807, 2.05) is 0 Å². The van der Waals surface area contributed by atoms with Crippen molar-refractivity contribution in [2.75, 3.05) is 0 Å². The average Bonchev–Trinajstić information content (AvgIpc) is 2.49. The maximum absolute atomic E-state index is 2.47. The van der Waals surface area contributed by atoms with Crippen molar-refractivity contribution in [1.29, 1.82) is 0 Å². The van der Waals surface area contributed by atoms with E-state index in [0.29, 0.717) is 0 Å². The molecule has 0 amide bonds. The molecule has 0 aliphatic heterocycles. The molecule has 1 aliphatic rings. The molecule has 73 valence electrons. The SMILES string of the molecule is CCCCC1=C[C](C)C=C1.[I][Hf][I]. The molecule has 3 heteroatoms. The number of unbranched alkanes of at least 4 members (excludes halogenated alkanes) is 1. The Balaban J connectivity index is 0.000000424. The van der Waals surface area contributed by atoms with E-state index in [9.17, 15) is 0 Å². The molecule has 0 unspecified atom stereocenters. The molecule has 0 saturated carbocycles. The molecule has 0 heterocycles. The average molecular weight is 568 g/mol. The third kappa shape index (κ3) is 8.78. The summed E-state index contributed by atoms with van der Waals surface area (Å²) in [6.07, 6.45) is 10.6. The van der Waals surface area contributed by atoms with Gasteiger partial charge in [0, 0.05) is 5.92 Å². The van der Waals surface area contributed by atoms with E-state index in [2.05, 4.69) is 68.4 Å². The van der Waals surface area contributed by atoms with Crippen molar-refractivity contribution in [3.05, 3.63) is 29.7 Å². The molecule has 1 aliphatic carbocycles. The molecule has 13 heavy (non-hydrogen) atoms. The molecule has 0 atom stereocenters. The van der Waals surface area contributed by atoms with E-state index in [1.165, 1.54) is 30.8 Å². The van der Waals surface area contributed by atoms with Crippen LogP contribution in [0.15, 0.2) is 23.8 Å². The van der Waals surface area contributed by atoms with Crippen molar-refractivity contribution in [2.24, 2.45) is 0 Å². The van der Waals surface area contributed by atoms with Gasteiger partial charge in [0.2, 0.25) is 0 Å². The van der Waals surface area contributed by atoms with Crippen LogP contribution < -0.4 is 0 Å². The van der Waals surface area contributed by atoms with Crippen LogP contribution in [0.25, 0.3) is 0 Å². The summed E-state index contributed by atoms with van der Waals surface area (Å²) in [5.41, 5.74) is 1.50. The van der Waals surface area contributed by atoms with Crippen molar-refractivity contribution < 1.29 is 14.6 Å². The molecule has 0 aromatic carbocycles. The zero-order chi connectivity index (χ0) is 10.1. The molecule has 1 radical (unpaired) electrons. The Kier molecular flexibility index (Phi) is 11.8. The van der Waals surface area contributed by atoms with Gasteiger partial charge in [-0.05, 0) is 12.8 Å². The van der Waals surface area contributed by atoms with E-state index in [-0.39, 0.29) is 14.6 Å². The Hall–Kier alpha value is 1.81. The number of allylic oxidation sites excluding steroid dienone is 4. The summed E-state index contributed by atoms with van der Waals surface area (Å²) >= 11 is 4.96. The van der Waals surface area contributed by atoms with E-state index in [0.717, 1.165) is 0 Å². The molecule has 0 N–H and O–H groups in total. The Morgan fingerprint density at radius 1 is 1.31 bits per heavy atom. The summed E-state index contributed by atoms with van der Waals surface area (Å²) in [4.78, 5) is 0. The van der Waals surface area contributed by atoms with Gasteiger partial charge in [-0.3, -0.25) is 0 Å². The zero-order valence-corrected chi connectivity index (χ0v) is 16.0. The van der Waals surface area contributed by atoms with E-state index in [1.54, 1.807) is 0 Å². The van der Waals surface area contributed by atoms with Crippen LogP contribution in [0.4, 0.5) is 0 Å². The summed E-state index contributed by atoms with van der Waals surface area (Å²) in [5, 5.41) is 0. The van der Waals surface area contributed by atoms with Gasteiger partial charge < -0.3 is 0 Å². The molecule has 1 rings (SSSR count). The molecule has 0 fully saturated rings. The van der Waals surface area contributed by atoms with Crippen molar-refractivity contribution in [3.63, 3.8) is 0 Å². The molecule has 0 saturated heterocycles. The van der Waals surface area contributed by atoms with Crippen LogP contribution in [-0.2, 0) is 14.6 Å². The monoisotopic (exact) mass is 569 g/mol. The summed E-state index contributed by atoms with van der Waals surface area (Å²) in [5.74, 6) is 1.39. The number of rotatable bonds is 3. The van der Waals surface area contributed by atoms with Gasteiger partial charge in [0.05, 0.1) is 0 Å². The Bertz CT molecular complexity index is 176. The van der Waals surface area contributed by atoms with Crippen LogP contribution in [0.2, 0.25) is 0 Å². The standard InChI is InChI=1S/C10H15.Hf.2HI/c1-3-4-5-10-7-6-9(2)8-10;;;/h6-8H,3-5H2,1-2H3;;2*1H/q;+2;;/p-2. The second-order valence-corrected chi connectivity index (χ2v) is 29.2. The van der Waals surface area contributed by atoms with Crippen molar-refractivity contribution in [2.45, 2.75) is 33.1 Å². The van der Waals surface area contributed by atoms with Crippen LogP contribution in [0, 0.1) is 5.92 Å². The minimum absolute atomic E-state index is 0.0233. The van der Waals surface area contributed by atoms with Crippen LogP contribution in [0.5, 0.6) is 0 Å². The second kappa shape index (κ2) is 10.3. The molecule has 0 bridgehead atoms. The molecule has 0 aromatic heterocycles. The Labute approximate surface area is 112 Å². The Morgan fingerprint density at radius 2 is 1.92 bits per heavy atom. The van der Waals surface area contributed by atoms with Crippen LogP contribution in [0.3, 0.4) is 0 Å². The first-order valence-corrected chi connectivity index (χ1v) is 24.8. The van der Waals surface area contributed by atoms with Crippen LogP contribution in [0.1, 0.15) is 33.1 Å². The van der Waals surface area contributed by atoms with Crippen LogP contribution in [-0.4, -0.2) is 0 Å². The fourth-order valence-corrected chi connectivity index (χ4v) is 1.16. The fourth-order valence-electron chi connectivity index (χ4n) is 1.16. The fraction of sp³-hybridized carbons (Fsp3) is 0.500. The van der Waals surface area contributed by atoms with Crippen molar-refractivity contribution >= 4 is 36.3 Å². The van der Waals surface area contributed by atoms with Gasteiger partial charge in [-0.15, -0.1) is 0 Å². The van der Waals surface area contributed by atoms with Crippen LogP contribution >= 0.6 is 36.3 Å². The number of hydrogen-bond acceptors (Lipinski definition) is 0. The first-order valence-electron chi connectivity index (χ1n) is 4.43. The van der Waals surface area contributed by atoms with E-state index < -0.39 is 0 Å². The van der Waals surface area contributed by atoms with Gasteiger partial charge in [-0.1, -0.05) is 44.1 Å². The number of hydrogen-bond donors (Lipinski definition) is 0.